The zero-order valence-electron chi connectivity index (χ0n) is 12.9. The second-order valence-corrected chi connectivity index (χ2v) is 5.36. The maximum atomic E-state index is 11.6. The Kier molecular flexibility index (Phi) is 3.99. The number of carbonyl (C=O) groups is 2. The summed E-state index contributed by atoms with van der Waals surface area (Å²) in [5, 5.41) is 13.7. The van der Waals surface area contributed by atoms with Crippen LogP contribution in [0.25, 0.3) is 0 Å². The molecule has 0 saturated carbocycles. The number of nitro groups is 1. The highest BCUT2D eigenvalue weighted by Crippen LogP contribution is 2.34. The van der Waals surface area contributed by atoms with E-state index in [1.54, 1.807) is 18.2 Å². The molecular formula is C17H14N2O5. The minimum absolute atomic E-state index is 0.0388. The van der Waals surface area contributed by atoms with Gasteiger partial charge >= 0.3 is 5.69 Å². The summed E-state index contributed by atoms with van der Waals surface area (Å²) < 4.78 is 5.62. The van der Waals surface area contributed by atoms with Crippen LogP contribution in [0.15, 0.2) is 36.4 Å². The van der Waals surface area contributed by atoms with Crippen molar-refractivity contribution in [2.24, 2.45) is 0 Å². The molecule has 1 N–H and O–H groups in total. The van der Waals surface area contributed by atoms with Gasteiger partial charge in [-0.15, -0.1) is 0 Å². The van der Waals surface area contributed by atoms with Gasteiger partial charge in [-0.25, -0.2) is 0 Å². The number of Topliss-reactive ketones (excluding diaryl/α,β-unsaturated/α-hetero) is 1. The molecule has 7 nitrogen and oxygen atoms in total. The zero-order valence-corrected chi connectivity index (χ0v) is 12.9. The maximum Gasteiger partial charge on any atom is 0.312 e. The maximum absolute atomic E-state index is 11.6. The summed E-state index contributed by atoms with van der Waals surface area (Å²) >= 11 is 0. The predicted molar refractivity (Wildman–Crippen MR) is 85.7 cm³/mol. The number of rotatable bonds is 4. The minimum Gasteiger partial charge on any atom is -0.450 e. The number of benzene rings is 2. The average molecular weight is 326 g/mol. The molecule has 0 saturated heterocycles. The van der Waals surface area contributed by atoms with E-state index in [2.05, 4.69) is 5.32 Å². The monoisotopic (exact) mass is 326 g/mol. The van der Waals surface area contributed by atoms with Crippen molar-refractivity contribution < 1.29 is 19.2 Å². The second kappa shape index (κ2) is 6.11. The van der Waals surface area contributed by atoms with Gasteiger partial charge in [-0.05, 0) is 42.3 Å². The standard InChI is InChI=1S/C17H14N2O5/c1-18-17(21)11-3-7-16(14(9-11)19(22)23)24-12-4-5-13-10(8-12)2-6-15(13)20/h3-5,7-9H,2,6H2,1H3,(H,18,21). The lowest BCUT2D eigenvalue weighted by molar-refractivity contribution is -0.385. The van der Waals surface area contributed by atoms with Gasteiger partial charge in [-0.1, -0.05) is 0 Å². The van der Waals surface area contributed by atoms with E-state index in [4.69, 9.17) is 4.74 Å². The lowest BCUT2D eigenvalue weighted by atomic mass is 10.1. The molecule has 2 aromatic rings. The summed E-state index contributed by atoms with van der Waals surface area (Å²) in [5.74, 6) is 0.134. The third kappa shape index (κ3) is 2.83. The highest BCUT2D eigenvalue weighted by atomic mass is 16.6. The summed E-state index contributed by atoms with van der Waals surface area (Å²) in [5.41, 5.74) is 1.43. The van der Waals surface area contributed by atoms with Crippen LogP contribution in [0, 0.1) is 10.1 Å². The van der Waals surface area contributed by atoms with E-state index in [9.17, 15) is 19.7 Å². The van der Waals surface area contributed by atoms with E-state index in [0.717, 1.165) is 5.56 Å². The van der Waals surface area contributed by atoms with Gasteiger partial charge in [0.05, 0.1) is 4.92 Å². The number of ether oxygens (including phenoxy) is 1. The van der Waals surface area contributed by atoms with Gasteiger partial charge in [0.2, 0.25) is 5.75 Å². The SMILES string of the molecule is CNC(=O)c1ccc(Oc2ccc3c(c2)CCC3=O)c([N+](=O)[O-])c1. The van der Waals surface area contributed by atoms with E-state index < -0.39 is 10.8 Å². The van der Waals surface area contributed by atoms with Crippen molar-refractivity contribution >= 4 is 17.4 Å². The molecule has 0 aromatic heterocycles. The third-order valence-corrected chi connectivity index (χ3v) is 3.87. The largest absolute Gasteiger partial charge is 0.450 e. The normalized spacial score (nSPS) is 12.6. The van der Waals surface area contributed by atoms with Crippen LogP contribution in [-0.4, -0.2) is 23.7 Å². The first kappa shape index (κ1) is 15.7. The van der Waals surface area contributed by atoms with Gasteiger partial charge in [0, 0.05) is 30.7 Å². The van der Waals surface area contributed by atoms with Crippen LogP contribution >= 0.6 is 0 Å². The molecule has 1 aliphatic rings. The van der Waals surface area contributed by atoms with Gasteiger partial charge < -0.3 is 10.1 Å². The summed E-state index contributed by atoms with van der Waals surface area (Å²) in [4.78, 5) is 33.9. The molecule has 1 amide bonds. The lowest BCUT2D eigenvalue weighted by Gasteiger charge is -2.09. The number of ketones is 1. The quantitative estimate of drug-likeness (QED) is 0.688. The number of nitrogens with zero attached hydrogens (tertiary/aromatic N) is 1. The Morgan fingerprint density at radius 1 is 1.21 bits per heavy atom. The second-order valence-electron chi connectivity index (χ2n) is 5.36. The van der Waals surface area contributed by atoms with Crippen LogP contribution in [0.1, 0.15) is 32.7 Å². The molecule has 0 unspecified atom stereocenters. The number of nitro benzene ring substituents is 1. The fraction of sp³-hybridized carbons (Fsp3) is 0.176. The fourth-order valence-corrected chi connectivity index (χ4v) is 2.65. The van der Waals surface area contributed by atoms with Crippen molar-refractivity contribution in [1.29, 1.82) is 0 Å². The van der Waals surface area contributed by atoms with Gasteiger partial charge in [-0.3, -0.25) is 19.7 Å². The number of nitrogens with one attached hydrogen (secondary N) is 1. The summed E-state index contributed by atoms with van der Waals surface area (Å²) in [6.07, 6.45) is 1.11. The van der Waals surface area contributed by atoms with E-state index in [-0.39, 0.29) is 22.8 Å². The molecule has 0 bridgehead atoms. The molecule has 0 aliphatic heterocycles. The number of hydrogen-bond donors (Lipinski definition) is 1. The van der Waals surface area contributed by atoms with E-state index >= 15 is 0 Å². The minimum atomic E-state index is -0.599. The topological polar surface area (TPSA) is 98.5 Å². The van der Waals surface area contributed by atoms with Crippen molar-refractivity contribution in [3.63, 3.8) is 0 Å². The summed E-state index contributed by atoms with van der Waals surface area (Å²) in [7, 11) is 1.45. The zero-order chi connectivity index (χ0) is 17.3. The summed E-state index contributed by atoms with van der Waals surface area (Å²) in [6, 6.07) is 9.02. The molecule has 1 aliphatic carbocycles. The van der Waals surface area contributed by atoms with Crippen molar-refractivity contribution in [1.82, 2.24) is 5.32 Å². The number of hydrogen-bond acceptors (Lipinski definition) is 5. The molecule has 24 heavy (non-hydrogen) atoms. The number of aryl methyl sites for hydroxylation is 1. The average Bonchev–Trinajstić information content (AvgIpc) is 2.95. The van der Waals surface area contributed by atoms with Gasteiger partial charge in [0.1, 0.15) is 5.75 Å². The Bertz CT molecular complexity index is 860. The Morgan fingerprint density at radius 2 is 2.00 bits per heavy atom. The summed E-state index contributed by atoms with van der Waals surface area (Å²) in [6.45, 7) is 0. The number of carbonyl (C=O) groups excluding carboxylic acids is 2. The molecule has 7 heteroatoms. The van der Waals surface area contributed by atoms with E-state index in [0.29, 0.717) is 24.2 Å². The van der Waals surface area contributed by atoms with Crippen LogP contribution in [0.2, 0.25) is 0 Å². The van der Waals surface area contributed by atoms with Gasteiger partial charge in [0.25, 0.3) is 5.91 Å². The molecule has 0 fully saturated rings. The van der Waals surface area contributed by atoms with Crippen LogP contribution < -0.4 is 10.1 Å². The highest BCUT2D eigenvalue weighted by Gasteiger charge is 2.22. The van der Waals surface area contributed by atoms with Crippen LogP contribution in [0.5, 0.6) is 11.5 Å². The van der Waals surface area contributed by atoms with Gasteiger partial charge in [0.15, 0.2) is 5.78 Å². The molecule has 0 radical (unpaired) electrons. The van der Waals surface area contributed by atoms with Gasteiger partial charge in [-0.2, -0.15) is 0 Å². The third-order valence-electron chi connectivity index (χ3n) is 3.87. The van der Waals surface area contributed by atoms with Crippen molar-refractivity contribution in [3.8, 4) is 11.5 Å². The Labute approximate surface area is 137 Å². The van der Waals surface area contributed by atoms with Crippen molar-refractivity contribution in [2.45, 2.75) is 12.8 Å². The molecule has 3 rings (SSSR count). The first-order chi connectivity index (χ1) is 11.5. The smallest absolute Gasteiger partial charge is 0.312 e. The Balaban J connectivity index is 1.94. The van der Waals surface area contributed by atoms with E-state index in [1.807, 2.05) is 0 Å². The van der Waals surface area contributed by atoms with E-state index in [1.165, 1.54) is 25.2 Å². The molecular weight excluding hydrogens is 312 g/mol. The molecule has 0 heterocycles. The number of amides is 1. The number of fused-ring (bicyclic) bond motifs is 1. The predicted octanol–water partition coefficient (Wildman–Crippen LogP) is 2.88. The Morgan fingerprint density at radius 3 is 2.71 bits per heavy atom. The van der Waals surface area contributed by atoms with Crippen molar-refractivity contribution in [2.75, 3.05) is 7.05 Å². The van der Waals surface area contributed by atoms with Crippen LogP contribution in [-0.2, 0) is 6.42 Å². The van der Waals surface area contributed by atoms with Crippen LogP contribution in [0.4, 0.5) is 5.69 Å². The molecule has 2 aromatic carbocycles. The lowest BCUT2D eigenvalue weighted by Crippen LogP contribution is -2.17. The van der Waals surface area contributed by atoms with Crippen LogP contribution in [0.3, 0.4) is 0 Å². The molecule has 0 spiro atoms. The Hall–Kier alpha value is -3.22. The fourth-order valence-electron chi connectivity index (χ4n) is 2.65. The molecule has 122 valence electrons. The molecule has 0 atom stereocenters. The first-order valence-electron chi connectivity index (χ1n) is 7.34. The van der Waals surface area contributed by atoms with Crippen molar-refractivity contribution in [3.05, 3.63) is 63.2 Å². The first-order valence-corrected chi connectivity index (χ1v) is 7.34. The highest BCUT2D eigenvalue weighted by molar-refractivity contribution is 6.00.